The first kappa shape index (κ1) is 46.2. The Morgan fingerprint density at radius 2 is 1.50 bits per heavy atom. The molecule has 322 valence electrons. The van der Waals surface area contributed by atoms with Crippen molar-refractivity contribution >= 4 is 41.4 Å². The molecule has 17 nitrogen and oxygen atoms in total. The number of nitrogens with one attached hydrogen (secondary N) is 4. The van der Waals surface area contributed by atoms with Crippen LogP contribution in [0.4, 0.5) is 0 Å². The van der Waals surface area contributed by atoms with Crippen LogP contribution in [-0.4, -0.2) is 123 Å². The molecule has 0 radical (unpaired) electrons. The summed E-state index contributed by atoms with van der Waals surface area (Å²) in [6, 6.07) is 8.47. The van der Waals surface area contributed by atoms with Crippen molar-refractivity contribution in [2.75, 3.05) is 27.2 Å². The Hall–Kier alpha value is -6.49. The molecule has 1 aliphatic heterocycles. The molecule has 5 atom stereocenters. The van der Waals surface area contributed by atoms with Crippen molar-refractivity contribution in [2.24, 2.45) is 0 Å². The van der Waals surface area contributed by atoms with E-state index in [2.05, 4.69) is 28.2 Å². The molecule has 0 saturated heterocycles. The minimum absolute atomic E-state index is 0.0592. The van der Waals surface area contributed by atoms with Gasteiger partial charge >= 0.3 is 5.97 Å². The Morgan fingerprint density at radius 1 is 0.850 bits per heavy atom. The SMILES string of the molecule is CCCCCCc1ccc(C(=O)N(C)[C@H](CO)C(=O)N[C@H](C)C(=O)NCC(=O)N(C)[C@@H]2C(=O)N[C@@H](C)C(=O)N[C@H](C(=O)O)Cc3ccc(O)c(c3)-c3cc2ccc3O)cc1. The molecule has 0 aliphatic carbocycles. The number of aliphatic hydroxyl groups is 1. The summed E-state index contributed by atoms with van der Waals surface area (Å²) in [4.78, 5) is 94.3. The van der Waals surface area contributed by atoms with Crippen molar-refractivity contribution in [3.05, 3.63) is 82.9 Å². The third-order valence-electron chi connectivity index (χ3n) is 10.5. The number of amides is 6. The highest BCUT2D eigenvalue weighted by atomic mass is 16.4. The zero-order valence-electron chi connectivity index (χ0n) is 34.4. The molecule has 17 heteroatoms. The van der Waals surface area contributed by atoms with E-state index in [0.29, 0.717) is 11.1 Å². The number of fused-ring (bicyclic) bond motifs is 5. The van der Waals surface area contributed by atoms with Gasteiger partial charge in [0, 0.05) is 37.2 Å². The van der Waals surface area contributed by atoms with Gasteiger partial charge in [-0.25, -0.2) is 4.79 Å². The quantitative estimate of drug-likeness (QED) is 0.103. The van der Waals surface area contributed by atoms with Crippen LogP contribution in [0.1, 0.15) is 79.5 Å². The van der Waals surface area contributed by atoms with Crippen molar-refractivity contribution in [1.29, 1.82) is 0 Å². The number of hydrogen-bond donors (Lipinski definition) is 8. The first-order valence-electron chi connectivity index (χ1n) is 19.8. The summed E-state index contributed by atoms with van der Waals surface area (Å²) in [5.41, 5.74) is 2.09. The molecule has 60 heavy (non-hydrogen) atoms. The maximum absolute atomic E-state index is 13.9. The molecule has 0 unspecified atom stereocenters. The molecule has 0 aromatic heterocycles. The number of likely N-dealkylation sites (N-methyl/N-ethyl adjacent to an activating group) is 2. The minimum Gasteiger partial charge on any atom is -0.507 e. The normalized spacial score (nSPS) is 17.5. The number of aromatic hydroxyl groups is 2. The summed E-state index contributed by atoms with van der Waals surface area (Å²) in [6.45, 7) is 3.40. The van der Waals surface area contributed by atoms with Crippen molar-refractivity contribution in [3.63, 3.8) is 0 Å². The molecule has 0 fully saturated rings. The van der Waals surface area contributed by atoms with Crippen LogP contribution in [0.2, 0.25) is 0 Å². The third-order valence-corrected chi connectivity index (χ3v) is 10.5. The van der Waals surface area contributed by atoms with E-state index in [1.54, 1.807) is 12.1 Å². The standard InChI is InChI=1S/C43H54N6O11/c1-6-7-8-9-10-26-11-14-28(15-12-26)42(58)48(4)33(23-50)40(56)45-24(2)38(54)44-22-36(53)49(5)37-29-16-18-35(52)31(21-29)30-19-27(13-17-34(30)51)20-32(43(59)60)47-39(55)25(3)46-41(37)57/h11-19,21,24-25,32-33,37,50-52H,6-10,20,22-23H2,1-5H3,(H,44,54)(H,45,56)(H,46,57)(H,47,55)(H,59,60)/t24-,25+,32+,33-,37+/m1/s1. The first-order chi connectivity index (χ1) is 28.5. The zero-order chi connectivity index (χ0) is 44.3. The van der Waals surface area contributed by atoms with Gasteiger partial charge in [-0.15, -0.1) is 0 Å². The summed E-state index contributed by atoms with van der Waals surface area (Å²) in [6.07, 6.45) is 5.12. The monoisotopic (exact) mass is 830 g/mol. The second-order valence-corrected chi connectivity index (χ2v) is 14.9. The topological polar surface area (TPSA) is 255 Å². The van der Waals surface area contributed by atoms with Crippen LogP contribution in [0.5, 0.6) is 11.5 Å². The maximum atomic E-state index is 13.9. The Morgan fingerprint density at radius 3 is 2.13 bits per heavy atom. The lowest BCUT2D eigenvalue weighted by Gasteiger charge is -2.30. The number of carbonyl (C=O) groups is 7. The van der Waals surface area contributed by atoms with Gasteiger partial charge in [-0.2, -0.15) is 0 Å². The molecule has 3 aromatic rings. The van der Waals surface area contributed by atoms with Crippen LogP contribution in [-0.2, 0) is 41.6 Å². The Balaban J connectivity index is 1.47. The van der Waals surface area contributed by atoms with Gasteiger partial charge in [-0.1, -0.05) is 50.5 Å². The van der Waals surface area contributed by atoms with Gasteiger partial charge in [-0.05, 0) is 79.8 Å². The van der Waals surface area contributed by atoms with Crippen molar-refractivity contribution in [3.8, 4) is 22.6 Å². The molecule has 1 aliphatic rings. The van der Waals surface area contributed by atoms with Crippen LogP contribution in [0.3, 0.4) is 0 Å². The second kappa shape index (κ2) is 21.0. The summed E-state index contributed by atoms with van der Waals surface area (Å²) < 4.78 is 0. The highest BCUT2D eigenvalue weighted by molar-refractivity contribution is 5.99. The smallest absolute Gasteiger partial charge is 0.326 e. The maximum Gasteiger partial charge on any atom is 0.326 e. The number of unbranched alkanes of at least 4 members (excludes halogenated alkanes) is 3. The molecule has 0 saturated carbocycles. The molecular formula is C43H54N6O11. The number of aliphatic hydroxyl groups excluding tert-OH is 1. The summed E-state index contributed by atoms with van der Waals surface area (Å²) >= 11 is 0. The fraction of sp³-hybridized carbons (Fsp3) is 0.419. The largest absolute Gasteiger partial charge is 0.507 e. The number of phenolic OH excluding ortho intramolecular Hbond substituents is 2. The van der Waals surface area contributed by atoms with Crippen molar-refractivity contribution in [2.45, 2.75) is 89.5 Å². The average molecular weight is 831 g/mol. The van der Waals surface area contributed by atoms with Gasteiger partial charge in [-0.3, -0.25) is 28.8 Å². The number of carboxylic acid groups (broad SMARTS) is 1. The average Bonchev–Trinajstić information content (AvgIpc) is 3.22. The van der Waals surface area contributed by atoms with E-state index in [0.717, 1.165) is 47.5 Å². The van der Waals surface area contributed by atoms with E-state index in [9.17, 15) is 54.0 Å². The van der Waals surface area contributed by atoms with Gasteiger partial charge in [0.1, 0.15) is 41.7 Å². The summed E-state index contributed by atoms with van der Waals surface area (Å²) in [5, 5.41) is 51.3. The molecule has 8 N–H and O–H groups in total. The molecule has 0 spiro atoms. The lowest BCUT2D eigenvalue weighted by atomic mass is 9.94. The van der Waals surface area contributed by atoms with E-state index in [1.165, 1.54) is 64.3 Å². The van der Waals surface area contributed by atoms with Crippen LogP contribution in [0.25, 0.3) is 11.1 Å². The first-order valence-corrected chi connectivity index (χ1v) is 19.8. The molecule has 4 bridgehead atoms. The van der Waals surface area contributed by atoms with E-state index >= 15 is 0 Å². The van der Waals surface area contributed by atoms with Gasteiger partial charge in [0.2, 0.25) is 29.5 Å². The molecule has 1 heterocycles. The Bertz CT molecular complexity index is 2070. The Labute approximate surface area is 348 Å². The predicted molar refractivity (Wildman–Crippen MR) is 219 cm³/mol. The number of aliphatic carboxylic acids is 1. The summed E-state index contributed by atoms with van der Waals surface area (Å²) in [5.74, 6) is -6.56. The van der Waals surface area contributed by atoms with E-state index < -0.39 is 84.8 Å². The highest BCUT2D eigenvalue weighted by Crippen LogP contribution is 2.38. The van der Waals surface area contributed by atoms with Gasteiger partial charge in [0.05, 0.1) is 13.2 Å². The number of phenols is 2. The molecular weight excluding hydrogens is 777 g/mol. The molecule has 4 rings (SSSR count). The molecule has 3 aromatic carbocycles. The van der Waals surface area contributed by atoms with Gasteiger partial charge in [0.15, 0.2) is 0 Å². The highest BCUT2D eigenvalue weighted by Gasteiger charge is 2.34. The van der Waals surface area contributed by atoms with E-state index in [1.807, 2.05) is 12.1 Å². The number of hydrogen-bond acceptors (Lipinski definition) is 10. The fourth-order valence-electron chi connectivity index (χ4n) is 6.76. The van der Waals surface area contributed by atoms with Crippen LogP contribution >= 0.6 is 0 Å². The third kappa shape index (κ3) is 11.6. The Kier molecular flexibility index (Phi) is 16.1. The predicted octanol–water partition coefficient (Wildman–Crippen LogP) is 1.77. The van der Waals surface area contributed by atoms with Gasteiger partial charge < -0.3 is 51.5 Å². The zero-order valence-corrected chi connectivity index (χ0v) is 34.4. The fourth-order valence-corrected chi connectivity index (χ4v) is 6.76. The van der Waals surface area contributed by atoms with Crippen molar-refractivity contribution in [1.82, 2.24) is 31.1 Å². The van der Waals surface area contributed by atoms with E-state index in [4.69, 9.17) is 0 Å². The number of carboxylic acids is 1. The number of benzene rings is 3. The lowest BCUT2D eigenvalue weighted by molar-refractivity contribution is -0.143. The minimum atomic E-state index is -1.48. The number of nitrogens with zero attached hydrogens (tertiary/aromatic N) is 2. The van der Waals surface area contributed by atoms with Crippen molar-refractivity contribution < 1.29 is 54.0 Å². The van der Waals surface area contributed by atoms with Crippen LogP contribution in [0, 0.1) is 0 Å². The van der Waals surface area contributed by atoms with Gasteiger partial charge in [0.25, 0.3) is 5.91 Å². The summed E-state index contributed by atoms with van der Waals surface area (Å²) in [7, 11) is 2.63. The lowest BCUT2D eigenvalue weighted by Crippen LogP contribution is -2.55. The molecule has 6 amide bonds. The van der Waals surface area contributed by atoms with Crippen LogP contribution in [0.15, 0.2) is 60.7 Å². The van der Waals surface area contributed by atoms with E-state index in [-0.39, 0.29) is 34.6 Å². The van der Waals surface area contributed by atoms with Crippen LogP contribution < -0.4 is 21.3 Å². The number of carbonyl (C=O) groups excluding carboxylic acids is 6. The second-order valence-electron chi connectivity index (χ2n) is 14.9. The number of rotatable bonds is 15. The number of aryl methyl sites for hydroxylation is 1.